The van der Waals surface area contributed by atoms with Gasteiger partial charge in [0.25, 0.3) is 0 Å². The number of nitrogens with zero attached hydrogens (tertiary/aromatic N) is 2. The first-order valence-corrected chi connectivity index (χ1v) is 7.36. The summed E-state index contributed by atoms with van der Waals surface area (Å²) in [5, 5.41) is 9.05. The molecule has 0 aromatic heterocycles. The number of hydrogen-bond donors (Lipinski definition) is 0. The van der Waals surface area contributed by atoms with Gasteiger partial charge >= 0.3 is 0 Å². The van der Waals surface area contributed by atoms with Gasteiger partial charge in [-0.1, -0.05) is 24.3 Å². The molecule has 2 nitrogen and oxygen atoms in total. The Hall–Kier alpha value is -1.18. The lowest BCUT2D eigenvalue weighted by molar-refractivity contribution is 0.830. The summed E-state index contributed by atoms with van der Waals surface area (Å²) in [6.45, 7) is 0. The molecular formula is C16H24N2. The summed E-state index contributed by atoms with van der Waals surface area (Å²) in [4.78, 5) is 0. The van der Waals surface area contributed by atoms with Crippen LogP contribution in [0.3, 0.4) is 0 Å². The van der Waals surface area contributed by atoms with Gasteiger partial charge in [0.05, 0.1) is 0 Å². The molecule has 0 heterocycles. The largest absolute Gasteiger partial charge is 0.160 e. The molecule has 18 heavy (non-hydrogen) atoms. The molecule has 0 fully saturated rings. The lowest BCUT2D eigenvalue weighted by Gasteiger charge is -2.08. The van der Waals surface area contributed by atoms with Crippen LogP contribution in [-0.4, -0.2) is 11.4 Å². The van der Waals surface area contributed by atoms with Gasteiger partial charge in [-0.05, 0) is 64.2 Å². The topological polar surface area (TPSA) is 24.7 Å². The van der Waals surface area contributed by atoms with E-state index in [2.05, 4.69) is 34.5 Å². The molecule has 0 aromatic carbocycles. The molecule has 0 bridgehead atoms. The first-order chi connectivity index (χ1) is 8.95. The normalized spacial score (nSPS) is 30.2. The van der Waals surface area contributed by atoms with Gasteiger partial charge < -0.3 is 0 Å². The lowest BCUT2D eigenvalue weighted by atomic mass is 10.0. The van der Waals surface area contributed by atoms with Crippen molar-refractivity contribution in [3.63, 3.8) is 0 Å². The van der Waals surface area contributed by atoms with Crippen molar-refractivity contribution in [1.29, 1.82) is 0 Å². The zero-order valence-electron chi connectivity index (χ0n) is 11.3. The van der Waals surface area contributed by atoms with E-state index in [1.165, 1.54) is 37.1 Å². The second-order valence-electron chi connectivity index (χ2n) is 5.14. The van der Waals surface area contributed by atoms with E-state index in [0.29, 0.717) is 0 Å². The number of rotatable bonds is 1. The van der Waals surface area contributed by atoms with Gasteiger partial charge in [0.2, 0.25) is 0 Å². The molecule has 2 heteroatoms. The van der Waals surface area contributed by atoms with E-state index in [0.717, 1.165) is 38.5 Å². The Bertz CT molecular complexity index is 325. The van der Waals surface area contributed by atoms with Gasteiger partial charge in [0.1, 0.15) is 0 Å². The molecule has 0 saturated carbocycles. The summed E-state index contributed by atoms with van der Waals surface area (Å²) in [5.74, 6) is 0. The Morgan fingerprint density at radius 3 is 1.50 bits per heavy atom. The Morgan fingerprint density at radius 1 is 0.556 bits per heavy atom. The van der Waals surface area contributed by atoms with Gasteiger partial charge in [-0.15, -0.1) is 0 Å². The molecule has 98 valence electrons. The van der Waals surface area contributed by atoms with Crippen LogP contribution in [0.2, 0.25) is 0 Å². The van der Waals surface area contributed by atoms with Crippen LogP contribution in [0.15, 0.2) is 34.5 Å². The minimum absolute atomic E-state index is 1.09. The molecule has 0 saturated heterocycles. The van der Waals surface area contributed by atoms with Crippen LogP contribution in [0.25, 0.3) is 0 Å². The third-order valence-corrected chi connectivity index (χ3v) is 3.54. The first kappa shape index (κ1) is 13.3. The first-order valence-electron chi connectivity index (χ1n) is 7.36. The second kappa shape index (κ2) is 8.02. The molecule has 2 rings (SSSR count). The molecule has 0 N–H and O–H groups in total. The molecule has 2 aliphatic rings. The van der Waals surface area contributed by atoms with Gasteiger partial charge in [0, 0.05) is 11.4 Å². The predicted molar refractivity (Wildman–Crippen MR) is 79.3 cm³/mol. The van der Waals surface area contributed by atoms with E-state index in [1.54, 1.807) is 0 Å². The molecular weight excluding hydrogens is 220 g/mol. The summed E-state index contributed by atoms with van der Waals surface area (Å²) in [6, 6.07) is 0. The highest BCUT2D eigenvalue weighted by Crippen LogP contribution is 2.12. The highest BCUT2D eigenvalue weighted by molar-refractivity contribution is 5.88. The van der Waals surface area contributed by atoms with E-state index >= 15 is 0 Å². The molecule has 0 amide bonds. The average molecular weight is 244 g/mol. The highest BCUT2D eigenvalue weighted by atomic mass is 15.2. The number of hydrogen-bond acceptors (Lipinski definition) is 2. The maximum atomic E-state index is 4.53. The summed E-state index contributed by atoms with van der Waals surface area (Å²) in [6.07, 6.45) is 20.7. The van der Waals surface area contributed by atoms with Gasteiger partial charge in [0.15, 0.2) is 0 Å². The Kier molecular flexibility index (Phi) is 5.90. The van der Waals surface area contributed by atoms with Crippen molar-refractivity contribution < 1.29 is 0 Å². The minimum Gasteiger partial charge on any atom is -0.160 e. The SMILES string of the molecule is C1=C\CC/C(=N/N=C2/CC/C=C\CCC2)CCC/1. The molecule has 0 aromatic rings. The minimum atomic E-state index is 1.09. The van der Waals surface area contributed by atoms with Crippen molar-refractivity contribution >= 4 is 11.4 Å². The van der Waals surface area contributed by atoms with Crippen molar-refractivity contribution in [3.05, 3.63) is 24.3 Å². The van der Waals surface area contributed by atoms with Crippen LogP contribution in [0.4, 0.5) is 0 Å². The van der Waals surface area contributed by atoms with Crippen LogP contribution in [0.1, 0.15) is 64.2 Å². The predicted octanol–water partition coefficient (Wildman–Crippen LogP) is 4.82. The van der Waals surface area contributed by atoms with E-state index in [9.17, 15) is 0 Å². The Balaban J connectivity index is 1.93. The third-order valence-electron chi connectivity index (χ3n) is 3.54. The van der Waals surface area contributed by atoms with Crippen molar-refractivity contribution in [2.75, 3.05) is 0 Å². The Labute approximate surface area is 111 Å². The fourth-order valence-corrected chi connectivity index (χ4v) is 2.41. The second-order valence-corrected chi connectivity index (χ2v) is 5.14. The van der Waals surface area contributed by atoms with Crippen LogP contribution >= 0.6 is 0 Å². The van der Waals surface area contributed by atoms with Crippen LogP contribution in [0.5, 0.6) is 0 Å². The maximum Gasteiger partial charge on any atom is 0.0409 e. The summed E-state index contributed by atoms with van der Waals surface area (Å²) >= 11 is 0. The summed E-state index contributed by atoms with van der Waals surface area (Å²) < 4.78 is 0. The van der Waals surface area contributed by atoms with E-state index in [-0.39, 0.29) is 0 Å². The monoisotopic (exact) mass is 244 g/mol. The molecule has 0 aliphatic heterocycles. The zero-order valence-corrected chi connectivity index (χ0v) is 11.3. The van der Waals surface area contributed by atoms with Gasteiger partial charge in [-0.3, -0.25) is 0 Å². The zero-order chi connectivity index (χ0) is 12.5. The van der Waals surface area contributed by atoms with Crippen molar-refractivity contribution in [3.8, 4) is 0 Å². The summed E-state index contributed by atoms with van der Waals surface area (Å²) in [5.41, 5.74) is 2.59. The average Bonchev–Trinajstić information content (AvgIpc) is 2.29. The summed E-state index contributed by atoms with van der Waals surface area (Å²) in [7, 11) is 0. The van der Waals surface area contributed by atoms with Crippen molar-refractivity contribution in [1.82, 2.24) is 0 Å². The van der Waals surface area contributed by atoms with Gasteiger partial charge in [-0.25, -0.2) is 0 Å². The van der Waals surface area contributed by atoms with Gasteiger partial charge in [-0.2, -0.15) is 10.2 Å². The van der Waals surface area contributed by atoms with Crippen molar-refractivity contribution in [2.45, 2.75) is 64.2 Å². The van der Waals surface area contributed by atoms with E-state index in [4.69, 9.17) is 0 Å². The number of allylic oxidation sites excluding steroid dienone is 4. The quantitative estimate of drug-likeness (QED) is 0.466. The molecule has 0 spiro atoms. The lowest BCUT2D eigenvalue weighted by Crippen LogP contribution is -2.02. The molecule has 0 unspecified atom stereocenters. The van der Waals surface area contributed by atoms with Crippen LogP contribution in [0, 0.1) is 0 Å². The van der Waals surface area contributed by atoms with Crippen LogP contribution < -0.4 is 0 Å². The fourth-order valence-electron chi connectivity index (χ4n) is 2.41. The van der Waals surface area contributed by atoms with E-state index in [1.807, 2.05) is 0 Å². The highest BCUT2D eigenvalue weighted by Gasteiger charge is 2.04. The standard InChI is InChI=1S/C16H24N2/c1-3-7-11-15(12-8-4-1)17-18-16-13-9-5-2-6-10-14-16/h1-3,5H,4,6-14H2/b3-1-,5-2-,17-15-,18-16-. The molecule has 0 atom stereocenters. The van der Waals surface area contributed by atoms with Crippen molar-refractivity contribution in [2.24, 2.45) is 10.2 Å². The third kappa shape index (κ3) is 4.99. The fraction of sp³-hybridized carbons (Fsp3) is 0.625. The maximum absolute atomic E-state index is 4.53. The van der Waals surface area contributed by atoms with E-state index < -0.39 is 0 Å². The Morgan fingerprint density at radius 2 is 1.00 bits per heavy atom. The smallest absolute Gasteiger partial charge is 0.0409 e. The molecule has 2 aliphatic carbocycles. The van der Waals surface area contributed by atoms with Crippen LogP contribution in [-0.2, 0) is 0 Å². The molecule has 0 radical (unpaired) electrons.